The lowest BCUT2D eigenvalue weighted by molar-refractivity contribution is 0.170. The monoisotopic (exact) mass is 552 g/mol. The number of likely N-dealkylation sites (tertiary alicyclic amines) is 1. The molecule has 1 aliphatic rings. The summed E-state index contributed by atoms with van der Waals surface area (Å²) in [7, 11) is 1.67. The van der Waals surface area contributed by atoms with Gasteiger partial charge in [-0.25, -0.2) is 9.07 Å². The maximum absolute atomic E-state index is 14.8. The number of methoxy groups -OCH3 is 1. The number of aromatic nitrogens is 5. The van der Waals surface area contributed by atoms with Crippen molar-refractivity contribution in [3.05, 3.63) is 90.3 Å². The Kier molecular flexibility index (Phi) is 8.16. The van der Waals surface area contributed by atoms with Crippen molar-refractivity contribution in [2.45, 2.75) is 25.8 Å². The van der Waals surface area contributed by atoms with E-state index in [1.807, 2.05) is 35.3 Å². The van der Waals surface area contributed by atoms with Gasteiger partial charge in [-0.1, -0.05) is 12.1 Å². The summed E-state index contributed by atoms with van der Waals surface area (Å²) in [6.45, 7) is 3.27. The van der Waals surface area contributed by atoms with Crippen LogP contribution in [-0.4, -0.2) is 63.3 Å². The van der Waals surface area contributed by atoms with Gasteiger partial charge in [0.1, 0.15) is 17.3 Å². The van der Waals surface area contributed by atoms with E-state index in [-0.39, 0.29) is 5.82 Å². The number of aromatic amines is 1. The van der Waals surface area contributed by atoms with Crippen LogP contribution in [-0.2, 0) is 11.3 Å². The normalized spacial score (nSPS) is 15.1. The average Bonchev–Trinajstić information content (AvgIpc) is 3.64. The number of hydrogen-bond donors (Lipinski definition) is 1. The van der Waals surface area contributed by atoms with Gasteiger partial charge >= 0.3 is 0 Å². The minimum atomic E-state index is -0.233. The van der Waals surface area contributed by atoms with E-state index in [1.54, 1.807) is 25.6 Å². The number of rotatable bonds is 10. The molecule has 0 unspecified atom stereocenters. The molecule has 6 rings (SSSR count). The molecule has 0 bridgehead atoms. The summed E-state index contributed by atoms with van der Waals surface area (Å²) in [5.74, 6) is 0.374. The van der Waals surface area contributed by atoms with Crippen LogP contribution in [0.4, 0.5) is 4.39 Å². The van der Waals surface area contributed by atoms with Crippen molar-refractivity contribution in [2.24, 2.45) is 0 Å². The van der Waals surface area contributed by atoms with Crippen LogP contribution in [0.25, 0.3) is 39.5 Å². The second-order valence-corrected chi connectivity index (χ2v) is 10.3. The highest BCUT2D eigenvalue weighted by Crippen LogP contribution is 2.31. The van der Waals surface area contributed by atoms with E-state index >= 15 is 0 Å². The lowest BCUT2D eigenvalue weighted by Gasteiger charge is -2.29. The zero-order valence-corrected chi connectivity index (χ0v) is 23.1. The summed E-state index contributed by atoms with van der Waals surface area (Å²) in [5, 5.41) is 13.3. The molecule has 1 fully saturated rings. The molecule has 0 radical (unpaired) electrons. The van der Waals surface area contributed by atoms with E-state index in [2.05, 4.69) is 49.6 Å². The fourth-order valence-corrected chi connectivity index (χ4v) is 5.32. The van der Waals surface area contributed by atoms with E-state index in [9.17, 15) is 4.39 Å². The van der Waals surface area contributed by atoms with Gasteiger partial charge in [-0.2, -0.15) is 10.2 Å². The second kappa shape index (κ2) is 12.4. The van der Waals surface area contributed by atoms with Crippen molar-refractivity contribution in [3.8, 4) is 28.1 Å². The molecular weight excluding hydrogens is 519 g/mol. The average molecular weight is 553 g/mol. The molecule has 1 saturated heterocycles. The van der Waals surface area contributed by atoms with E-state index in [1.165, 1.54) is 11.6 Å². The van der Waals surface area contributed by atoms with E-state index in [0.29, 0.717) is 31.1 Å². The predicted molar refractivity (Wildman–Crippen MR) is 158 cm³/mol. The molecule has 4 heterocycles. The molecule has 0 saturated carbocycles. The molecule has 8 nitrogen and oxygen atoms in total. The van der Waals surface area contributed by atoms with Gasteiger partial charge < -0.3 is 9.47 Å². The van der Waals surface area contributed by atoms with Gasteiger partial charge in [0.2, 0.25) is 0 Å². The molecule has 3 aromatic heterocycles. The minimum Gasteiger partial charge on any atom is -0.493 e. The number of halogens is 1. The molecular formula is C32H33FN6O2. The summed E-state index contributed by atoms with van der Waals surface area (Å²) in [4.78, 5) is 6.39. The first kappa shape index (κ1) is 26.9. The van der Waals surface area contributed by atoms with Gasteiger partial charge in [-0.3, -0.25) is 15.0 Å². The SMILES string of the molecule is COCCCOc1cccc(F)c1CN1CCCC(=Cn2cc(-c3ccc4[nH]nc(-c5ccncc5)c4c3)cn2)C1. The molecule has 0 spiro atoms. The highest BCUT2D eigenvalue weighted by atomic mass is 19.1. The fourth-order valence-electron chi connectivity index (χ4n) is 5.32. The molecule has 1 aliphatic heterocycles. The zero-order valence-electron chi connectivity index (χ0n) is 23.1. The number of H-pyrrole nitrogens is 1. The Bertz CT molecular complexity index is 1640. The number of hydrogen-bond acceptors (Lipinski definition) is 6. The Hall–Kier alpha value is -4.34. The topological polar surface area (TPSA) is 81.1 Å². The predicted octanol–water partition coefficient (Wildman–Crippen LogP) is 6.18. The van der Waals surface area contributed by atoms with Gasteiger partial charge in [0.25, 0.3) is 0 Å². The molecule has 5 aromatic rings. The number of piperidine rings is 1. The highest BCUT2D eigenvalue weighted by Gasteiger charge is 2.19. The first-order chi connectivity index (χ1) is 20.2. The molecule has 210 valence electrons. The number of nitrogens with zero attached hydrogens (tertiary/aromatic N) is 5. The van der Waals surface area contributed by atoms with Crippen molar-refractivity contribution in [1.29, 1.82) is 0 Å². The Morgan fingerprint density at radius 1 is 1.05 bits per heavy atom. The van der Waals surface area contributed by atoms with Gasteiger partial charge in [0.05, 0.1) is 18.3 Å². The maximum Gasteiger partial charge on any atom is 0.131 e. The Morgan fingerprint density at radius 2 is 1.95 bits per heavy atom. The third kappa shape index (κ3) is 6.21. The van der Waals surface area contributed by atoms with Crippen LogP contribution in [0.3, 0.4) is 0 Å². The third-order valence-corrected chi connectivity index (χ3v) is 7.37. The van der Waals surface area contributed by atoms with Crippen LogP contribution >= 0.6 is 0 Å². The molecule has 2 aromatic carbocycles. The van der Waals surface area contributed by atoms with Crippen molar-refractivity contribution < 1.29 is 13.9 Å². The summed E-state index contributed by atoms with van der Waals surface area (Å²) in [5.41, 5.74) is 6.87. The van der Waals surface area contributed by atoms with Crippen molar-refractivity contribution in [3.63, 3.8) is 0 Å². The first-order valence-corrected chi connectivity index (χ1v) is 13.9. The smallest absolute Gasteiger partial charge is 0.131 e. The van der Waals surface area contributed by atoms with Gasteiger partial charge in [-0.05, 0) is 66.9 Å². The molecule has 41 heavy (non-hydrogen) atoms. The molecule has 0 atom stereocenters. The molecule has 9 heteroatoms. The quantitative estimate of drug-likeness (QED) is 0.209. The number of nitrogens with one attached hydrogen (secondary N) is 1. The van der Waals surface area contributed by atoms with Crippen LogP contribution in [0.5, 0.6) is 5.75 Å². The van der Waals surface area contributed by atoms with Gasteiger partial charge in [-0.15, -0.1) is 0 Å². The maximum atomic E-state index is 14.8. The van der Waals surface area contributed by atoms with E-state index < -0.39 is 0 Å². The fraction of sp³-hybridized carbons (Fsp3) is 0.281. The largest absolute Gasteiger partial charge is 0.493 e. The van der Waals surface area contributed by atoms with Crippen LogP contribution in [0, 0.1) is 5.82 Å². The van der Waals surface area contributed by atoms with E-state index in [0.717, 1.165) is 65.6 Å². The third-order valence-electron chi connectivity index (χ3n) is 7.37. The van der Waals surface area contributed by atoms with Crippen molar-refractivity contribution in [1.82, 2.24) is 29.9 Å². The Morgan fingerprint density at radius 3 is 2.83 bits per heavy atom. The standard InChI is InChI=1S/C32H33FN6O2/c1-40-15-4-16-41-31-7-2-6-29(33)28(31)22-38-14-3-5-23(19-38)20-39-21-26(18-35-39)25-8-9-30-27(17-25)32(37-36-30)24-10-12-34-13-11-24/h2,6-13,17-18,20-21H,3-5,14-16,19,22H2,1H3,(H,36,37). The van der Waals surface area contributed by atoms with Crippen molar-refractivity contribution >= 4 is 17.1 Å². The molecule has 0 amide bonds. The summed E-state index contributed by atoms with van der Waals surface area (Å²) >= 11 is 0. The number of ether oxygens (including phenoxy) is 2. The number of fused-ring (bicyclic) bond motifs is 1. The highest BCUT2D eigenvalue weighted by molar-refractivity contribution is 5.95. The summed E-state index contributed by atoms with van der Waals surface area (Å²) in [6, 6.07) is 15.3. The van der Waals surface area contributed by atoms with Gasteiger partial charge in [0.15, 0.2) is 0 Å². The number of benzene rings is 2. The number of pyridine rings is 1. The zero-order chi connectivity index (χ0) is 28.0. The Labute approximate surface area is 238 Å². The lowest BCUT2D eigenvalue weighted by atomic mass is 10.0. The second-order valence-electron chi connectivity index (χ2n) is 10.3. The van der Waals surface area contributed by atoms with Crippen LogP contribution in [0.2, 0.25) is 0 Å². The minimum absolute atomic E-state index is 0.233. The lowest BCUT2D eigenvalue weighted by Crippen LogP contribution is -2.31. The molecule has 0 aliphatic carbocycles. The van der Waals surface area contributed by atoms with Crippen molar-refractivity contribution in [2.75, 3.05) is 33.4 Å². The van der Waals surface area contributed by atoms with Crippen LogP contribution < -0.4 is 4.74 Å². The van der Waals surface area contributed by atoms with E-state index in [4.69, 9.17) is 9.47 Å². The Balaban J connectivity index is 1.16. The van der Waals surface area contributed by atoms with Crippen LogP contribution in [0.15, 0.2) is 78.9 Å². The van der Waals surface area contributed by atoms with Gasteiger partial charge in [0, 0.05) is 80.1 Å². The van der Waals surface area contributed by atoms with Crippen LogP contribution in [0.1, 0.15) is 24.8 Å². The molecule has 1 N–H and O–H groups in total. The summed E-state index contributed by atoms with van der Waals surface area (Å²) in [6.07, 6.45) is 12.3. The first-order valence-electron chi connectivity index (χ1n) is 13.9. The summed E-state index contributed by atoms with van der Waals surface area (Å²) < 4.78 is 27.7.